The Morgan fingerprint density at radius 2 is 2.24 bits per heavy atom. The van der Waals surface area contributed by atoms with Crippen molar-refractivity contribution in [3.05, 3.63) is 42.1 Å². The molecule has 2 atom stereocenters. The predicted molar refractivity (Wildman–Crippen MR) is 70.9 cm³/mol. The number of hydrogen-bond donors (Lipinski definition) is 1. The van der Waals surface area contributed by atoms with E-state index in [4.69, 9.17) is 0 Å². The van der Waals surface area contributed by atoms with Crippen LogP contribution in [0.25, 0.3) is 10.9 Å². The van der Waals surface area contributed by atoms with Gasteiger partial charge in [-0.15, -0.1) is 0 Å². The molecule has 0 aliphatic carbocycles. The first-order valence-corrected chi connectivity index (χ1v) is 6.41. The van der Waals surface area contributed by atoms with Gasteiger partial charge in [0.25, 0.3) is 0 Å². The second-order valence-electron chi connectivity index (χ2n) is 5.09. The molecular formula is C15H18N2. The van der Waals surface area contributed by atoms with Gasteiger partial charge in [-0.25, -0.2) is 0 Å². The van der Waals surface area contributed by atoms with E-state index in [0.717, 1.165) is 18.0 Å². The van der Waals surface area contributed by atoms with E-state index in [1.165, 1.54) is 23.8 Å². The van der Waals surface area contributed by atoms with Crippen LogP contribution in [0.15, 0.2) is 36.5 Å². The van der Waals surface area contributed by atoms with Crippen LogP contribution in [0, 0.1) is 5.92 Å². The highest BCUT2D eigenvalue weighted by atomic mass is 14.9. The fourth-order valence-electron chi connectivity index (χ4n) is 2.67. The van der Waals surface area contributed by atoms with Crippen molar-refractivity contribution < 1.29 is 0 Å². The van der Waals surface area contributed by atoms with Crippen LogP contribution >= 0.6 is 0 Å². The Labute approximate surface area is 102 Å². The van der Waals surface area contributed by atoms with Gasteiger partial charge in [-0.3, -0.25) is 4.98 Å². The average molecular weight is 226 g/mol. The Morgan fingerprint density at radius 1 is 1.29 bits per heavy atom. The molecule has 17 heavy (non-hydrogen) atoms. The van der Waals surface area contributed by atoms with Crippen LogP contribution in [0.4, 0.5) is 0 Å². The summed E-state index contributed by atoms with van der Waals surface area (Å²) in [5.41, 5.74) is 2.48. The Morgan fingerprint density at radius 3 is 3.12 bits per heavy atom. The average Bonchev–Trinajstić information content (AvgIpc) is 2.38. The van der Waals surface area contributed by atoms with Crippen molar-refractivity contribution in [1.82, 2.24) is 10.3 Å². The van der Waals surface area contributed by atoms with Crippen molar-refractivity contribution in [3.63, 3.8) is 0 Å². The monoisotopic (exact) mass is 226 g/mol. The zero-order valence-corrected chi connectivity index (χ0v) is 10.2. The van der Waals surface area contributed by atoms with Gasteiger partial charge in [0.05, 0.1) is 5.52 Å². The first-order chi connectivity index (χ1) is 8.33. The van der Waals surface area contributed by atoms with Gasteiger partial charge < -0.3 is 5.32 Å². The van der Waals surface area contributed by atoms with Crippen LogP contribution in [-0.4, -0.2) is 11.5 Å². The lowest BCUT2D eigenvalue weighted by atomic mass is 9.90. The Hall–Kier alpha value is -1.41. The van der Waals surface area contributed by atoms with Crippen LogP contribution < -0.4 is 5.32 Å². The molecule has 0 radical (unpaired) electrons. The van der Waals surface area contributed by atoms with Crippen molar-refractivity contribution in [2.75, 3.05) is 6.54 Å². The molecule has 1 aromatic heterocycles. The van der Waals surface area contributed by atoms with E-state index in [-0.39, 0.29) is 0 Å². The molecule has 1 aliphatic heterocycles. The van der Waals surface area contributed by atoms with Crippen molar-refractivity contribution in [2.45, 2.75) is 25.8 Å². The van der Waals surface area contributed by atoms with E-state index in [1.807, 2.05) is 12.3 Å². The smallest absolute Gasteiger partial charge is 0.0702 e. The molecule has 2 unspecified atom stereocenters. The van der Waals surface area contributed by atoms with Gasteiger partial charge in [0, 0.05) is 17.6 Å². The molecular weight excluding hydrogens is 208 g/mol. The maximum absolute atomic E-state index is 4.36. The molecule has 0 bridgehead atoms. The largest absolute Gasteiger partial charge is 0.310 e. The zero-order chi connectivity index (χ0) is 11.7. The number of nitrogens with one attached hydrogen (secondary N) is 1. The molecule has 1 aromatic carbocycles. The third-order valence-corrected chi connectivity index (χ3v) is 3.70. The van der Waals surface area contributed by atoms with Crippen LogP contribution in [0.5, 0.6) is 0 Å². The number of hydrogen-bond acceptors (Lipinski definition) is 2. The van der Waals surface area contributed by atoms with Gasteiger partial charge in [0.1, 0.15) is 0 Å². The third-order valence-electron chi connectivity index (χ3n) is 3.70. The molecule has 3 rings (SSSR count). The molecule has 0 spiro atoms. The molecule has 1 saturated heterocycles. The lowest BCUT2D eigenvalue weighted by molar-refractivity contribution is 0.325. The van der Waals surface area contributed by atoms with E-state index in [0.29, 0.717) is 6.04 Å². The van der Waals surface area contributed by atoms with Gasteiger partial charge in [-0.1, -0.05) is 19.1 Å². The number of fused-ring (bicyclic) bond motifs is 1. The highest BCUT2D eigenvalue weighted by molar-refractivity contribution is 5.79. The second-order valence-corrected chi connectivity index (χ2v) is 5.09. The first kappa shape index (κ1) is 10.7. The standard InChI is InChI=1S/C15H18N2/c1-11-6-8-17-15(9-11)13-4-5-14-12(10-13)3-2-7-16-14/h2-5,7,10-11,15,17H,6,8-9H2,1H3. The van der Waals surface area contributed by atoms with Gasteiger partial charge in [-0.05, 0) is 49.1 Å². The van der Waals surface area contributed by atoms with E-state index in [1.54, 1.807) is 0 Å². The zero-order valence-electron chi connectivity index (χ0n) is 10.2. The highest BCUT2D eigenvalue weighted by Crippen LogP contribution is 2.28. The summed E-state index contributed by atoms with van der Waals surface area (Å²) in [6, 6.07) is 11.3. The topological polar surface area (TPSA) is 24.9 Å². The second kappa shape index (κ2) is 4.46. The number of nitrogens with zero attached hydrogens (tertiary/aromatic N) is 1. The molecule has 88 valence electrons. The van der Waals surface area contributed by atoms with Crippen molar-refractivity contribution >= 4 is 10.9 Å². The minimum absolute atomic E-state index is 0.517. The van der Waals surface area contributed by atoms with Crippen molar-refractivity contribution in [2.24, 2.45) is 5.92 Å². The maximum atomic E-state index is 4.36. The van der Waals surface area contributed by atoms with E-state index < -0.39 is 0 Å². The molecule has 2 heterocycles. The number of piperidine rings is 1. The summed E-state index contributed by atoms with van der Waals surface area (Å²) >= 11 is 0. The summed E-state index contributed by atoms with van der Waals surface area (Å²) in [5.74, 6) is 0.825. The van der Waals surface area contributed by atoms with Gasteiger partial charge in [0.15, 0.2) is 0 Å². The van der Waals surface area contributed by atoms with Gasteiger partial charge in [0.2, 0.25) is 0 Å². The molecule has 1 N–H and O–H groups in total. The van der Waals surface area contributed by atoms with Crippen LogP contribution in [0.2, 0.25) is 0 Å². The highest BCUT2D eigenvalue weighted by Gasteiger charge is 2.19. The number of pyridine rings is 1. The Bertz CT molecular complexity index is 521. The first-order valence-electron chi connectivity index (χ1n) is 6.41. The minimum Gasteiger partial charge on any atom is -0.310 e. The molecule has 0 saturated carbocycles. The maximum Gasteiger partial charge on any atom is 0.0702 e. The number of aromatic nitrogens is 1. The van der Waals surface area contributed by atoms with Crippen molar-refractivity contribution in [3.8, 4) is 0 Å². The number of benzene rings is 1. The Kier molecular flexibility index (Phi) is 2.81. The van der Waals surface area contributed by atoms with E-state index >= 15 is 0 Å². The summed E-state index contributed by atoms with van der Waals surface area (Å²) in [4.78, 5) is 4.36. The molecule has 1 aliphatic rings. The minimum atomic E-state index is 0.517. The van der Waals surface area contributed by atoms with Crippen LogP contribution in [0.1, 0.15) is 31.4 Å². The van der Waals surface area contributed by atoms with Gasteiger partial charge >= 0.3 is 0 Å². The third kappa shape index (κ3) is 2.18. The molecule has 1 fully saturated rings. The van der Waals surface area contributed by atoms with Gasteiger partial charge in [-0.2, -0.15) is 0 Å². The molecule has 2 nitrogen and oxygen atoms in total. The predicted octanol–water partition coefficient (Wildman–Crippen LogP) is 3.30. The molecule has 0 amide bonds. The van der Waals surface area contributed by atoms with Crippen LogP contribution in [0.3, 0.4) is 0 Å². The normalized spacial score (nSPS) is 25.0. The summed E-state index contributed by atoms with van der Waals surface area (Å²) in [7, 11) is 0. The SMILES string of the molecule is CC1CCNC(c2ccc3ncccc3c2)C1. The quantitative estimate of drug-likeness (QED) is 0.807. The molecule has 2 heteroatoms. The lowest BCUT2D eigenvalue weighted by Crippen LogP contribution is -2.30. The summed E-state index contributed by atoms with van der Waals surface area (Å²) < 4.78 is 0. The molecule has 2 aromatic rings. The Balaban J connectivity index is 1.94. The summed E-state index contributed by atoms with van der Waals surface area (Å²) in [5, 5.41) is 4.85. The summed E-state index contributed by atoms with van der Waals surface area (Å²) in [6.45, 7) is 3.48. The van der Waals surface area contributed by atoms with E-state index in [9.17, 15) is 0 Å². The number of rotatable bonds is 1. The fourth-order valence-corrected chi connectivity index (χ4v) is 2.67. The van der Waals surface area contributed by atoms with Crippen molar-refractivity contribution in [1.29, 1.82) is 0 Å². The fraction of sp³-hybridized carbons (Fsp3) is 0.400. The summed E-state index contributed by atoms with van der Waals surface area (Å²) in [6.07, 6.45) is 4.39. The van der Waals surface area contributed by atoms with E-state index in [2.05, 4.69) is 41.5 Å². The lowest BCUT2D eigenvalue weighted by Gasteiger charge is -2.28. The van der Waals surface area contributed by atoms with Crippen LogP contribution in [-0.2, 0) is 0 Å².